The first-order chi connectivity index (χ1) is 25.4. The molecule has 15 heteroatoms. The quantitative estimate of drug-likeness (QED) is 0.187. The number of anilines is 1. The molecule has 1 aromatic rings. The summed E-state index contributed by atoms with van der Waals surface area (Å²) in [7, 11) is 0.528. The predicted molar refractivity (Wildman–Crippen MR) is 209 cm³/mol. The number of amides is 4. The van der Waals surface area contributed by atoms with Gasteiger partial charge in [0.1, 0.15) is 6.04 Å². The van der Waals surface area contributed by atoms with E-state index < -0.39 is 52.2 Å². The Morgan fingerprint density at radius 3 is 2.15 bits per heavy atom. The number of rotatable bonds is 18. The Morgan fingerprint density at radius 1 is 0.944 bits per heavy atom. The normalized spacial score (nSPS) is 21.6. The van der Waals surface area contributed by atoms with E-state index in [0.29, 0.717) is 31.5 Å². The lowest BCUT2D eigenvalue weighted by Gasteiger charge is -2.41. The molecule has 1 aromatic carbocycles. The van der Waals surface area contributed by atoms with E-state index >= 15 is 0 Å². The predicted octanol–water partition coefficient (Wildman–Crippen LogP) is 3.40. The number of hydrogen-bond donors (Lipinski definition) is 3. The molecule has 0 aliphatic carbocycles. The lowest BCUT2D eigenvalue weighted by molar-refractivity contribution is -0.148. The van der Waals surface area contributed by atoms with Gasteiger partial charge < -0.3 is 30.3 Å². The Labute approximate surface area is 323 Å². The number of nitrogens with one attached hydrogen (secondary N) is 2. The molecule has 2 aliphatic rings. The maximum Gasteiger partial charge on any atom is 0.264 e. The third-order valence-corrected chi connectivity index (χ3v) is 12.8. The summed E-state index contributed by atoms with van der Waals surface area (Å²) in [5, 5.41) is 3.10. The number of benzene rings is 1. The first-order valence-electron chi connectivity index (χ1n) is 19.5. The number of carbonyl (C=O) groups excluding carboxylic acids is 4. The summed E-state index contributed by atoms with van der Waals surface area (Å²) < 4.78 is 39.9. The number of nitrogen functional groups attached to an aromatic ring is 1. The van der Waals surface area contributed by atoms with E-state index in [-0.39, 0.29) is 53.0 Å². The van der Waals surface area contributed by atoms with Crippen LogP contribution in [0.25, 0.3) is 0 Å². The highest BCUT2D eigenvalue weighted by Gasteiger charge is 2.43. The fourth-order valence-corrected chi connectivity index (χ4v) is 9.14. The molecule has 0 aromatic heterocycles. The van der Waals surface area contributed by atoms with E-state index in [2.05, 4.69) is 28.8 Å². The molecule has 0 saturated carbocycles. The topological polar surface area (TPSA) is 181 Å². The van der Waals surface area contributed by atoms with Crippen molar-refractivity contribution in [2.45, 2.75) is 141 Å². The van der Waals surface area contributed by atoms with Gasteiger partial charge in [0, 0.05) is 39.5 Å². The molecule has 0 unspecified atom stereocenters. The molecule has 0 spiro atoms. The summed E-state index contributed by atoms with van der Waals surface area (Å²) in [5.74, 6) is -2.51. The van der Waals surface area contributed by atoms with E-state index in [1.807, 2.05) is 27.7 Å². The van der Waals surface area contributed by atoms with Crippen LogP contribution in [0.3, 0.4) is 0 Å². The summed E-state index contributed by atoms with van der Waals surface area (Å²) >= 11 is 0. The average Bonchev–Trinajstić information content (AvgIpc) is 3.62. The Balaban J connectivity index is 1.78. The molecule has 8 atom stereocenters. The number of piperidine rings is 1. The summed E-state index contributed by atoms with van der Waals surface area (Å²) in [4.78, 5) is 60.9. The second kappa shape index (κ2) is 20.1. The van der Waals surface area contributed by atoms with Crippen LogP contribution in [0.15, 0.2) is 29.2 Å². The molecule has 0 radical (unpaired) electrons. The number of carbonyl (C=O) groups is 4. The van der Waals surface area contributed by atoms with E-state index in [9.17, 15) is 27.6 Å². The molecular formula is C39H66N6O8S. The summed E-state index contributed by atoms with van der Waals surface area (Å²) in [6.07, 6.45) is 3.19. The summed E-state index contributed by atoms with van der Waals surface area (Å²) in [5.41, 5.74) is 6.08. The first kappa shape index (κ1) is 45.1. The van der Waals surface area contributed by atoms with Gasteiger partial charge in [0.15, 0.2) is 0 Å². The second-order valence-corrected chi connectivity index (χ2v) is 17.4. The monoisotopic (exact) mass is 778 g/mol. The Hall–Kier alpha value is -3.27. The largest absolute Gasteiger partial charge is 0.399 e. The van der Waals surface area contributed by atoms with Crippen LogP contribution in [-0.2, 0) is 38.7 Å². The van der Waals surface area contributed by atoms with Crippen LogP contribution < -0.4 is 15.8 Å². The number of ether oxygens (including phenoxy) is 2. The zero-order valence-electron chi connectivity index (χ0n) is 34.0. The number of likely N-dealkylation sites (tertiary alicyclic amines) is 2. The van der Waals surface area contributed by atoms with E-state index in [4.69, 9.17) is 15.2 Å². The SMILES string of the molecule is CC[C@H](C)[C@@H]([C@H](CC(=O)N1CCC[C@H]1[C@H](OC)[C@@H](C)C(=O)NS(=O)(=O)c1ccc(N)cc1)OC)N(C)C(=O)[C@@H](NC(=O)[C@H]1CCCCN1C(C)C)C(C)C. The third-order valence-electron chi connectivity index (χ3n) is 11.4. The Bertz CT molecular complexity index is 1520. The minimum atomic E-state index is -4.17. The van der Waals surface area contributed by atoms with Gasteiger partial charge in [-0.05, 0) is 82.2 Å². The maximum atomic E-state index is 14.3. The summed E-state index contributed by atoms with van der Waals surface area (Å²) in [6.45, 7) is 14.9. The van der Waals surface area contributed by atoms with Crippen LogP contribution in [-0.4, -0.2) is 124 Å². The van der Waals surface area contributed by atoms with Gasteiger partial charge >= 0.3 is 0 Å². The number of hydrogen-bond acceptors (Lipinski definition) is 10. The van der Waals surface area contributed by atoms with Crippen LogP contribution in [0.2, 0.25) is 0 Å². The van der Waals surface area contributed by atoms with Crippen molar-refractivity contribution in [2.75, 3.05) is 40.1 Å². The number of likely N-dealkylation sites (N-methyl/N-ethyl adjacent to an activating group) is 1. The van der Waals surface area contributed by atoms with E-state index in [1.54, 1.807) is 23.8 Å². The second-order valence-electron chi connectivity index (χ2n) is 15.7. The lowest BCUT2D eigenvalue weighted by atomic mass is 9.89. The van der Waals surface area contributed by atoms with Crippen molar-refractivity contribution in [1.29, 1.82) is 0 Å². The number of nitrogens with two attached hydrogens (primary N) is 1. The Kier molecular flexibility index (Phi) is 16.8. The van der Waals surface area contributed by atoms with E-state index in [1.165, 1.54) is 38.5 Å². The smallest absolute Gasteiger partial charge is 0.264 e. The van der Waals surface area contributed by atoms with Crippen molar-refractivity contribution in [3.63, 3.8) is 0 Å². The molecule has 2 fully saturated rings. The number of nitrogens with zero attached hydrogens (tertiary/aromatic N) is 3. The van der Waals surface area contributed by atoms with Gasteiger partial charge in [-0.3, -0.25) is 24.1 Å². The average molecular weight is 779 g/mol. The highest BCUT2D eigenvalue weighted by Crippen LogP contribution is 2.30. The van der Waals surface area contributed by atoms with Crippen molar-refractivity contribution < 1.29 is 37.1 Å². The van der Waals surface area contributed by atoms with E-state index in [0.717, 1.165) is 25.8 Å². The first-order valence-corrected chi connectivity index (χ1v) is 21.0. The van der Waals surface area contributed by atoms with Gasteiger partial charge in [0.2, 0.25) is 23.6 Å². The molecule has 3 rings (SSSR count). The van der Waals surface area contributed by atoms with Gasteiger partial charge in [-0.15, -0.1) is 0 Å². The highest BCUT2D eigenvalue weighted by molar-refractivity contribution is 7.90. The molecule has 306 valence electrons. The minimum Gasteiger partial charge on any atom is -0.399 e. The van der Waals surface area contributed by atoms with Crippen LogP contribution in [0.5, 0.6) is 0 Å². The minimum absolute atomic E-state index is 0.0354. The van der Waals surface area contributed by atoms with Crippen molar-refractivity contribution in [3.05, 3.63) is 24.3 Å². The molecule has 54 heavy (non-hydrogen) atoms. The molecule has 4 amide bonds. The fourth-order valence-electron chi connectivity index (χ4n) is 8.07. The van der Waals surface area contributed by atoms with Gasteiger partial charge in [-0.1, -0.05) is 47.5 Å². The number of sulfonamides is 1. The van der Waals surface area contributed by atoms with Crippen molar-refractivity contribution in [3.8, 4) is 0 Å². The van der Waals surface area contributed by atoms with Crippen molar-refractivity contribution in [2.24, 2.45) is 17.8 Å². The third kappa shape index (κ3) is 10.9. The summed E-state index contributed by atoms with van der Waals surface area (Å²) in [6, 6.07) is 3.69. The van der Waals surface area contributed by atoms with Crippen LogP contribution >= 0.6 is 0 Å². The fraction of sp³-hybridized carbons (Fsp3) is 0.744. The van der Waals surface area contributed by atoms with Crippen LogP contribution in [0.4, 0.5) is 5.69 Å². The molecule has 2 heterocycles. The zero-order chi connectivity index (χ0) is 40.5. The Morgan fingerprint density at radius 2 is 1.59 bits per heavy atom. The highest BCUT2D eigenvalue weighted by atomic mass is 32.2. The van der Waals surface area contributed by atoms with Crippen LogP contribution in [0.1, 0.15) is 93.4 Å². The van der Waals surface area contributed by atoms with Gasteiger partial charge in [-0.2, -0.15) is 0 Å². The molecule has 0 bridgehead atoms. The van der Waals surface area contributed by atoms with Crippen molar-refractivity contribution in [1.82, 2.24) is 24.7 Å². The van der Waals surface area contributed by atoms with Gasteiger partial charge in [0.05, 0.1) is 47.6 Å². The standard InChI is InChI=1S/C39H66N6O8S/c1-11-26(6)35(43(8)39(49)34(24(2)3)41-38(48)31-15-12-13-21-44(31)25(4)5)32(52-9)23-33(46)45-22-14-16-30(45)36(53-10)27(7)37(47)42-54(50,51)29-19-17-28(40)18-20-29/h17-20,24-27,30-32,34-36H,11-16,21-23,40H2,1-10H3,(H,41,48)(H,42,47)/t26-,27+,30-,31+,32-,34-,35-,36+/m0/s1. The number of methoxy groups -OCH3 is 2. The molecule has 4 N–H and O–H groups in total. The van der Waals surface area contributed by atoms with Gasteiger partial charge in [0.25, 0.3) is 10.0 Å². The maximum absolute atomic E-state index is 14.3. The molecule has 14 nitrogen and oxygen atoms in total. The van der Waals surface area contributed by atoms with Gasteiger partial charge in [-0.25, -0.2) is 13.1 Å². The van der Waals surface area contributed by atoms with Crippen LogP contribution in [0, 0.1) is 17.8 Å². The van der Waals surface area contributed by atoms with Crippen molar-refractivity contribution >= 4 is 39.3 Å². The molecule has 2 aliphatic heterocycles. The zero-order valence-corrected chi connectivity index (χ0v) is 34.9. The molecule has 2 saturated heterocycles. The molecular weight excluding hydrogens is 713 g/mol. The lowest BCUT2D eigenvalue weighted by Crippen LogP contribution is -2.60.